The Morgan fingerprint density at radius 3 is 2.95 bits per heavy atom. The van der Waals surface area contributed by atoms with E-state index >= 15 is 0 Å². The zero-order chi connectivity index (χ0) is 13.7. The molecule has 2 heterocycles. The van der Waals surface area contributed by atoms with Crippen LogP contribution in [0.2, 0.25) is 0 Å². The van der Waals surface area contributed by atoms with E-state index in [4.69, 9.17) is 4.42 Å². The maximum atomic E-state index is 5.51. The van der Waals surface area contributed by atoms with Crippen molar-refractivity contribution in [2.45, 2.75) is 32.9 Å². The molecule has 1 unspecified atom stereocenters. The molecule has 0 saturated heterocycles. The van der Waals surface area contributed by atoms with Gasteiger partial charge in [0.1, 0.15) is 0 Å². The molecular weight excluding hydrogens is 242 g/mol. The Labute approximate surface area is 112 Å². The number of pyridine rings is 1. The van der Waals surface area contributed by atoms with Crippen LogP contribution >= 0.6 is 0 Å². The SMILES string of the molecule is CCc1cccnc1CNc1nnc(C(C)NC)o1. The zero-order valence-corrected chi connectivity index (χ0v) is 11.5. The van der Waals surface area contributed by atoms with Gasteiger partial charge in [-0.15, -0.1) is 5.10 Å². The molecule has 2 aromatic heterocycles. The molecule has 0 fully saturated rings. The first-order valence-electron chi connectivity index (χ1n) is 6.42. The molecule has 6 heteroatoms. The van der Waals surface area contributed by atoms with Crippen LogP contribution < -0.4 is 10.6 Å². The lowest BCUT2D eigenvalue weighted by molar-refractivity contribution is 0.441. The topological polar surface area (TPSA) is 75.9 Å². The fourth-order valence-electron chi connectivity index (χ4n) is 1.72. The van der Waals surface area contributed by atoms with Crippen LogP contribution in [-0.2, 0) is 13.0 Å². The van der Waals surface area contributed by atoms with Gasteiger partial charge in [-0.1, -0.05) is 18.1 Å². The van der Waals surface area contributed by atoms with Crippen molar-refractivity contribution >= 4 is 6.01 Å². The van der Waals surface area contributed by atoms with E-state index in [1.807, 2.05) is 20.0 Å². The molecule has 0 saturated carbocycles. The van der Waals surface area contributed by atoms with Crippen molar-refractivity contribution in [3.8, 4) is 0 Å². The average Bonchev–Trinajstić information content (AvgIpc) is 2.93. The van der Waals surface area contributed by atoms with Crippen molar-refractivity contribution in [1.82, 2.24) is 20.5 Å². The van der Waals surface area contributed by atoms with E-state index in [1.54, 1.807) is 6.20 Å². The van der Waals surface area contributed by atoms with E-state index in [0.717, 1.165) is 12.1 Å². The van der Waals surface area contributed by atoms with E-state index in [-0.39, 0.29) is 6.04 Å². The van der Waals surface area contributed by atoms with Crippen molar-refractivity contribution in [2.75, 3.05) is 12.4 Å². The van der Waals surface area contributed by atoms with Gasteiger partial charge in [-0.2, -0.15) is 0 Å². The standard InChI is InChI=1S/C13H19N5O/c1-4-10-6-5-7-15-11(10)8-16-13-18-17-12(19-13)9(2)14-3/h5-7,9,14H,4,8H2,1-3H3,(H,16,18). The third-order valence-electron chi connectivity index (χ3n) is 3.02. The quantitative estimate of drug-likeness (QED) is 0.827. The minimum absolute atomic E-state index is 0.0455. The number of anilines is 1. The summed E-state index contributed by atoms with van der Waals surface area (Å²) in [7, 11) is 1.85. The average molecular weight is 261 g/mol. The van der Waals surface area contributed by atoms with Crippen molar-refractivity contribution in [1.29, 1.82) is 0 Å². The Morgan fingerprint density at radius 2 is 2.21 bits per heavy atom. The Morgan fingerprint density at radius 1 is 1.37 bits per heavy atom. The maximum absolute atomic E-state index is 5.51. The first kappa shape index (κ1) is 13.5. The van der Waals surface area contributed by atoms with Crippen LogP contribution in [0.5, 0.6) is 0 Å². The van der Waals surface area contributed by atoms with Gasteiger partial charge >= 0.3 is 6.01 Å². The van der Waals surface area contributed by atoms with Gasteiger partial charge in [-0.05, 0) is 32.0 Å². The molecule has 102 valence electrons. The highest BCUT2D eigenvalue weighted by Crippen LogP contribution is 2.14. The van der Waals surface area contributed by atoms with Crippen LogP contribution in [0.4, 0.5) is 6.01 Å². The summed E-state index contributed by atoms with van der Waals surface area (Å²) in [5.41, 5.74) is 2.23. The van der Waals surface area contributed by atoms with Crippen molar-refractivity contribution in [3.63, 3.8) is 0 Å². The fraction of sp³-hybridized carbons (Fsp3) is 0.462. The van der Waals surface area contributed by atoms with E-state index in [9.17, 15) is 0 Å². The van der Waals surface area contributed by atoms with Gasteiger partial charge in [0.2, 0.25) is 5.89 Å². The Balaban J connectivity index is 2.00. The lowest BCUT2D eigenvalue weighted by atomic mass is 10.1. The highest BCUT2D eigenvalue weighted by atomic mass is 16.4. The van der Waals surface area contributed by atoms with Gasteiger partial charge in [0.05, 0.1) is 18.3 Å². The number of aryl methyl sites for hydroxylation is 1. The summed E-state index contributed by atoms with van der Waals surface area (Å²) in [6.07, 6.45) is 2.75. The van der Waals surface area contributed by atoms with Crippen molar-refractivity contribution in [2.24, 2.45) is 0 Å². The molecule has 0 radical (unpaired) electrons. The molecule has 0 aromatic carbocycles. The Hall–Kier alpha value is -1.95. The molecule has 2 aromatic rings. The van der Waals surface area contributed by atoms with Crippen LogP contribution in [0.3, 0.4) is 0 Å². The van der Waals surface area contributed by atoms with Crippen LogP contribution in [0.1, 0.15) is 37.0 Å². The van der Waals surface area contributed by atoms with Gasteiger partial charge in [-0.3, -0.25) is 4.98 Å². The smallest absolute Gasteiger partial charge is 0.315 e. The molecule has 19 heavy (non-hydrogen) atoms. The molecule has 0 aliphatic carbocycles. The summed E-state index contributed by atoms with van der Waals surface area (Å²) in [4.78, 5) is 4.36. The summed E-state index contributed by atoms with van der Waals surface area (Å²) in [5, 5.41) is 14.1. The molecule has 0 bridgehead atoms. The number of hydrogen-bond donors (Lipinski definition) is 2. The summed E-state index contributed by atoms with van der Waals surface area (Å²) < 4.78 is 5.51. The summed E-state index contributed by atoms with van der Waals surface area (Å²) in [5.74, 6) is 0.571. The third kappa shape index (κ3) is 3.29. The highest BCUT2D eigenvalue weighted by Gasteiger charge is 2.12. The number of hydrogen-bond acceptors (Lipinski definition) is 6. The molecule has 0 aliphatic heterocycles. The summed E-state index contributed by atoms with van der Waals surface area (Å²) >= 11 is 0. The summed E-state index contributed by atoms with van der Waals surface area (Å²) in [6, 6.07) is 4.49. The number of aromatic nitrogens is 3. The van der Waals surface area contributed by atoms with Crippen LogP contribution in [0.25, 0.3) is 0 Å². The molecular formula is C13H19N5O. The van der Waals surface area contributed by atoms with Crippen LogP contribution in [0.15, 0.2) is 22.7 Å². The number of nitrogens with one attached hydrogen (secondary N) is 2. The van der Waals surface area contributed by atoms with Gasteiger partial charge in [0, 0.05) is 6.20 Å². The molecule has 0 spiro atoms. The molecule has 2 rings (SSSR count). The Bertz CT molecular complexity index is 525. The van der Waals surface area contributed by atoms with E-state index in [1.165, 1.54) is 5.56 Å². The van der Waals surface area contributed by atoms with E-state index < -0.39 is 0 Å². The lowest BCUT2D eigenvalue weighted by Crippen LogP contribution is -2.12. The number of rotatable bonds is 6. The normalized spacial score (nSPS) is 12.4. The molecule has 2 N–H and O–H groups in total. The molecule has 0 aliphatic rings. The summed E-state index contributed by atoms with van der Waals surface area (Å²) in [6.45, 7) is 4.66. The van der Waals surface area contributed by atoms with Crippen LogP contribution in [0, 0.1) is 0 Å². The predicted octanol–water partition coefficient (Wildman–Crippen LogP) is 1.92. The van der Waals surface area contributed by atoms with E-state index in [0.29, 0.717) is 18.5 Å². The third-order valence-corrected chi connectivity index (χ3v) is 3.02. The highest BCUT2D eigenvalue weighted by molar-refractivity contribution is 5.25. The second-order valence-electron chi connectivity index (χ2n) is 4.27. The minimum atomic E-state index is 0.0455. The maximum Gasteiger partial charge on any atom is 0.315 e. The molecule has 0 amide bonds. The minimum Gasteiger partial charge on any atom is -0.406 e. The van der Waals surface area contributed by atoms with Gasteiger partial charge in [0.15, 0.2) is 0 Å². The van der Waals surface area contributed by atoms with Crippen molar-refractivity contribution in [3.05, 3.63) is 35.5 Å². The second-order valence-corrected chi connectivity index (χ2v) is 4.27. The monoisotopic (exact) mass is 261 g/mol. The molecule has 1 atom stereocenters. The van der Waals surface area contributed by atoms with Crippen molar-refractivity contribution < 1.29 is 4.42 Å². The fourth-order valence-corrected chi connectivity index (χ4v) is 1.72. The Kier molecular flexibility index (Phi) is 4.46. The van der Waals surface area contributed by atoms with Gasteiger partial charge < -0.3 is 15.1 Å². The lowest BCUT2D eigenvalue weighted by Gasteiger charge is -2.06. The van der Waals surface area contributed by atoms with E-state index in [2.05, 4.69) is 38.8 Å². The molecule has 6 nitrogen and oxygen atoms in total. The van der Waals surface area contributed by atoms with Gasteiger partial charge in [0.25, 0.3) is 0 Å². The second kappa shape index (κ2) is 6.29. The predicted molar refractivity (Wildman–Crippen MR) is 72.7 cm³/mol. The largest absolute Gasteiger partial charge is 0.406 e. The van der Waals surface area contributed by atoms with Gasteiger partial charge in [-0.25, -0.2) is 0 Å². The zero-order valence-electron chi connectivity index (χ0n) is 11.5. The first-order valence-corrected chi connectivity index (χ1v) is 6.42. The first-order chi connectivity index (χ1) is 9.24. The van der Waals surface area contributed by atoms with Crippen LogP contribution in [-0.4, -0.2) is 22.2 Å². The number of nitrogens with zero attached hydrogens (tertiary/aromatic N) is 3.